The third-order valence-corrected chi connectivity index (χ3v) is 4.66. The van der Waals surface area contributed by atoms with E-state index < -0.39 is 0 Å². The zero-order valence-electron chi connectivity index (χ0n) is 14.9. The predicted molar refractivity (Wildman–Crippen MR) is 99.7 cm³/mol. The molecular weight excluding hydrogens is 298 g/mol. The second kappa shape index (κ2) is 7.62. The van der Waals surface area contributed by atoms with Crippen LogP contribution in [0, 0.1) is 6.92 Å². The molecule has 0 aliphatic carbocycles. The lowest BCUT2D eigenvalue weighted by Gasteiger charge is -2.32. The lowest BCUT2D eigenvalue weighted by Crippen LogP contribution is -2.35. The Morgan fingerprint density at radius 3 is 2.88 bits per heavy atom. The Labute approximate surface area is 144 Å². The third-order valence-electron chi connectivity index (χ3n) is 4.66. The number of fused-ring (bicyclic) bond motifs is 1. The molecule has 1 aliphatic rings. The van der Waals surface area contributed by atoms with Gasteiger partial charge in [0.25, 0.3) is 0 Å². The first-order chi connectivity index (χ1) is 11.6. The third kappa shape index (κ3) is 3.85. The fourth-order valence-corrected chi connectivity index (χ4v) is 3.22. The van der Waals surface area contributed by atoms with E-state index in [1.165, 1.54) is 11.3 Å². The first-order valence-electron chi connectivity index (χ1n) is 8.69. The molecule has 2 heterocycles. The summed E-state index contributed by atoms with van der Waals surface area (Å²) in [6.45, 7) is 5.02. The molecule has 0 saturated heterocycles. The molecule has 128 valence electrons. The first kappa shape index (κ1) is 16.7. The Kier molecular flexibility index (Phi) is 5.30. The second-order valence-corrected chi connectivity index (χ2v) is 6.52. The van der Waals surface area contributed by atoms with Gasteiger partial charge in [-0.15, -0.1) is 0 Å². The van der Waals surface area contributed by atoms with E-state index >= 15 is 0 Å². The number of hydrogen-bond donors (Lipinski definition) is 1. The van der Waals surface area contributed by atoms with Crippen LogP contribution in [0.2, 0.25) is 0 Å². The molecule has 24 heavy (non-hydrogen) atoms. The minimum atomic E-state index is 0.360. The molecule has 5 heteroatoms. The highest BCUT2D eigenvalue weighted by molar-refractivity contribution is 5.49. The van der Waals surface area contributed by atoms with Crippen LogP contribution in [0.3, 0.4) is 0 Å². The van der Waals surface area contributed by atoms with E-state index in [1.54, 1.807) is 0 Å². The average molecular weight is 325 g/mol. The van der Waals surface area contributed by atoms with Crippen LogP contribution >= 0.6 is 0 Å². The van der Waals surface area contributed by atoms with E-state index in [2.05, 4.69) is 69.5 Å². The highest BCUT2D eigenvalue weighted by Crippen LogP contribution is 2.30. The molecule has 0 amide bonds. The number of aryl methyl sites for hydroxylation is 1. The van der Waals surface area contributed by atoms with Crippen LogP contribution in [0.1, 0.15) is 30.3 Å². The van der Waals surface area contributed by atoms with Crippen LogP contribution in [-0.2, 0) is 0 Å². The van der Waals surface area contributed by atoms with Gasteiger partial charge in [-0.3, -0.25) is 0 Å². The van der Waals surface area contributed by atoms with Crippen molar-refractivity contribution in [2.75, 3.05) is 43.5 Å². The van der Waals surface area contributed by atoms with Crippen molar-refractivity contribution in [3.05, 3.63) is 47.9 Å². The van der Waals surface area contributed by atoms with E-state index in [4.69, 9.17) is 0 Å². The summed E-state index contributed by atoms with van der Waals surface area (Å²) in [5.41, 5.74) is 2.50. The van der Waals surface area contributed by atoms with Gasteiger partial charge in [-0.2, -0.15) is 0 Å². The maximum Gasteiger partial charge on any atom is 0.136 e. The van der Waals surface area contributed by atoms with Crippen molar-refractivity contribution in [2.45, 2.75) is 25.8 Å². The van der Waals surface area contributed by atoms with Crippen LogP contribution in [0.25, 0.3) is 0 Å². The maximum absolute atomic E-state index is 4.61. The molecular formula is C19H27N5. The molecule has 3 rings (SSSR count). The number of hydrogen-bond acceptors (Lipinski definition) is 5. The van der Waals surface area contributed by atoms with E-state index in [1.807, 2.05) is 13.1 Å². The zero-order valence-corrected chi connectivity index (χ0v) is 14.9. The Morgan fingerprint density at radius 2 is 2.08 bits per heavy atom. The molecule has 1 aromatic heterocycles. The van der Waals surface area contributed by atoms with Crippen molar-refractivity contribution in [3.63, 3.8) is 0 Å². The minimum absolute atomic E-state index is 0.360. The van der Waals surface area contributed by atoms with Gasteiger partial charge in [0.2, 0.25) is 0 Å². The highest BCUT2D eigenvalue weighted by atomic mass is 15.2. The number of anilines is 2. The molecule has 1 unspecified atom stereocenters. The van der Waals surface area contributed by atoms with Crippen molar-refractivity contribution in [1.29, 1.82) is 0 Å². The van der Waals surface area contributed by atoms with Crippen LogP contribution in [0.4, 0.5) is 11.5 Å². The summed E-state index contributed by atoms with van der Waals surface area (Å²) in [6, 6.07) is 10.9. The van der Waals surface area contributed by atoms with Gasteiger partial charge in [0.1, 0.15) is 11.6 Å². The Hall–Kier alpha value is -2.14. The van der Waals surface area contributed by atoms with Crippen molar-refractivity contribution >= 4 is 11.5 Å². The number of aromatic nitrogens is 2. The lowest BCUT2D eigenvalue weighted by atomic mass is 10.0. The van der Waals surface area contributed by atoms with Gasteiger partial charge < -0.3 is 15.1 Å². The smallest absolute Gasteiger partial charge is 0.136 e. The van der Waals surface area contributed by atoms with Crippen LogP contribution < -0.4 is 15.1 Å². The number of nitrogens with one attached hydrogen (secondary N) is 1. The van der Waals surface area contributed by atoms with Crippen molar-refractivity contribution in [1.82, 2.24) is 15.3 Å². The monoisotopic (exact) mass is 325 g/mol. The summed E-state index contributed by atoms with van der Waals surface area (Å²) in [4.78, 5) is 13.5. The van der Waals surface area contributed by atoms with Gasteiger partial charge in [-0.1, -0.05) is 18.2 Å². The molecule has 1 aliphatic heterocycles. The molecule has 1 N–H and O–H groups in total. The van der Waals surface area contributed by atoms with Gasteiger partial charge >= 0.3 is 0 Å². The molecule has 1 atom stereocenters. The molecule has 0 fully saturated rings. The lowest BCUT2D eigenvalue weighted by molar-refractivity contribution is 0.474. The number of rotatable bonds is 6. The summed E-state index contributed by atoms with van der Waals surface area (Å²) in [5.74, 6) is 1.92. The number of nitrogens with zero attached hydrogens (tertiary/aromatic N) is 4. The predicted octanol–water partition coefficient (Wildman–Crippen LogP) is 2.78. The topological polar surface area (TPSA) is 44.3 Å². The summed E-state index contributed by atoms with van der Waals surface area (Å²) in [6.07, 6.45) is 4.20. The summed E-state index contributed by atoms with van der Waals surface area (Å²) < 4.78 is 0. The fourth-order valence-electron chi connectivity index (χ4n) is 3.22. The van der Waals surface area contributed by atoms with E-state index in [-0.39, 0.29) is 0 Å². The summed E-state index contributed by atoms with van der Waals surface area (Å²) in [7, 11) is 4.26. The fraction of sp³-hybridized carbons (Fsp3) is 0.474. The summed E-state index contributed by atoms with van der Waals surface area (Å²) >= 11 is 0. The Bertz CT molecular complexity index is 658. The van der Waals surface area contributed by atoms with Crippen LogP contribution in [-0.4, -0.2) is 43.7 Å². The largest absolute Gasteiger partial charge is 0.375 e. The minimum Gasteiger partial charge on any atom is -0.375 e. The van der Waals surface area contributed by atoms with Gasteiger partial charge in [0, 0.05) is 50.7 Å². The normalized spacial score (nSPS) is 16.8. The molecule has 2 aromatic rings. The quantitative estimate of drug-likeness (QED) is 0.828. The van der Waals surface area contributed by atoms with Gasteiger partial charge in [-0.25, -0.2) is 9.97 Å². The maximum atomic E-state index is 4.61. The van der Waals surface area contributed by atoms with Crippen LogP contribution in [0.15, 0.2) is 36.5 Å². The molecule has 0 saturated carbocycles. The van der Waals surface area contributed by atoms with Crippen LogP contribution in [0.5, 0.6) is 0 Å². The summed E-state index contributed by atoms with van der Waals surface area (Å²) in [5, 5.41) is 3.69. The van der Waals surface area contributed by atoms with Crippen molar-refractivity contribution in [3.8, 4) is 0 Å². The average Bonchev–Trinajstić information content (AvgIpc) is 2.61. The molecule has 0 radical (unpaired) electrons. The zero-order chi connectivity index (χ0) is 16.9. The molecule has 1 aromatic carbocycles. The molecule has 0 bridgehead atoms. The standard InChI is InChI=1S/C19H27N5/c1-15-21-14-17-18(10-13-24(3)19(17)22-15)20-11-7-12-23(2)16-8-5-4-6-9-16/h4-6,8-9,14,18,20H,7,10-13H2,1-3H3. The first-order valence-corrected chi connectivity index (χ1v) is 8.69. The van der Waals surface area contributed by atoms with Gasteiger partial charge in [-0.05, 0) is 38.4 Å². The Morgan fingerprint density at radius 1 is 1.29 bits per heavy atom. The number of para-hydroxylation sites is 1. The molecule has 0 spiro atoms. The highest BCUT2D eigenvalue weighted by Gasteiger charge is 2.24. The number of benzene rings is 1. The van der Waals surface area contributed by atoms with Gasteiger partial charge in [0.15, 0.2) is 0 Å². The SMILES string of the molecule is Cc1ncc2c(n1)N(C)CCC2NCCCN(C)c1ccccc1. The second-order valence-electron chi connectivity index (χ2n) is 6.52. The van der Waals surface area contributed by atoms with Crippen molar-refractivity contribution in [2.24, 2.45) is 0 Å². The van der Waals surface area contributed by atoms with E-state index in [9.17, 15) is 0 Å². The molecule has 5 nitrogen and oxygen atoms in total. The Balaban J connectivity index is 1.52. The van der Waals surface area contributed by atoms with E-state index in [0.29, 0.717) is 6.04 Å². The van der Waals surface area contributed by atoms with Crippen molar-refractivity contribution < 1.29 is 0 Å². The van der Waals surface area contributed by atoms with Gasteiger partial charge in [0.05, 0.1) is 0 Å². The van der Waals surface area contributed by atoms with E-state index in [0.717, 1.165) is 44.1 Å².